The average Bonchev–Trinajstić information content (AvgIpc) is 1.89. The molecule has 0 aromatic rings. The van der Waals surface area contributed by atoms with Gasteiger partial charge in [0.05, 0.1) is 5.92 Å². The zero-order valence-electron chi connectivity index (χ0n) is 7.26. The zero-order valence-corrected chi connectivity index (χ0v) is 9.72. The third-order valence-electron chi connectivity index (χ3n) is 1.75. The largest absolute Gasteiger partial charge is 0.481 e. The summed E-state index contributed by atoms with van der Waals surface area (Å²) in [5, 5.41) is 8.60. The van der Waals surface area contributed by atoms with E-state index in [1.54, 1.807) is 0 Å². The van der Waals surface area contributed by atoms with Gasteiger partial charge < -0.3 is 5.11 Å². The monoisotopic (exact) mass is 234 g/mol. The van der Waals surface area contributed by atoms with Crippen molar-refractivity contribution < 1.29 is 36.1 Å². The van der Waals surface area contributed by atoms with Crippen molar-refractivity contribution in [1.29, 1.82) is 0 Å². The smallest absolute Gasteiger partial charge is 0.306 e. The average molecular weight is 235 g/mol. The third-order valence-corrected chi connectivity index (χ3v) is 1.75. The van der Waals surface area contributed by atoms with Crippen LogP contribution >= 0.6 is 0 Å². The van der Waals surface area contributed by atoms with Gasteiger partial charge in [-0.3, -0.25) is 4.79 Å². The van der Waals surface area contributed by atoms with Gasteiger partial charge in [-0.2, -0.15) is 0 Å². The molecule has 0 amide bonds. The SMILES string of the molecule is CCCCC(CC)C(=O)O.[Zr]. The Balaban J connectivity index is 0. The van der Waals surface area contributed by atoms with Crippen LogP contribution in [0.25, 0.3) is 0 Å². The minimum atomic E-state index is -0.643. The Labute approximate surface area is 87.5 Å². The molecule has 0 rings (SSSR count). The molecular formula is C8H16O2Zr. The van der Waals surface area contributed by atoms with Crippen molar-refractivity contribution in [3.05, 3.63) is 0 Å². The fourth-order valence-corrected chi connectivity index (χ4v) is 0.953. The van der Waals surface area contributed by atoms with E-state index in [1.807, 2.05) is 6.92 Å². The second-order valence-electron chi connectivity index (χ2n) is 2.59. The van der Waals surface area contributed by atoms with Crippen LogP contribution in [0.2, 0.25) is 0 Å². The molecule has 0 saturated carbocycles. The molecule has 0 aromatic carbocycles. The summed E-state index contributed by atoms with van der Waals surface area (Å²) < 4.78 is 0. The summed E-state index contributed by atoms with van der Waals surface area (Å²) in [6, 6.07) is 0. The molecule has 0 fully saturated rings. The van der Waals surface area contributed by atoms with Gasteiger partial charge in [-0.25, -0.2) is 0 Å². The number of hydrogen-bond donors (Lipinski definition) is 1. The quantitative estimate of drug-likeness (QED) is 0.794. The van der Waals surface area contributed by atoms with Gasteiger partial charge in [0.2, 0.25) is 0 Å². The van der Waals surface area contributed by atoms with E-state index in [0.717, 1.165) is 25.7 Å². The molecule has 11 heavy (non-hydrogen) atoms. The summed E-state index contributed by atoms with van der Waals surface area (Å²) in [4.78, 5) is 10.4. The molecule has 1 N–H and O–H groups in total. The van der Waals surface area contributed by atoms with Crippen LogP contribution in [0.1, 0.15) is 39.5 Å². The molecule has 1 unspecified atom stereocenters. The topological polar surface area (TPSA) is 37.3 Å². The Morgan fingerprint density at radius 2 is 2.00 bits per heavy atom. The van der Waals surface area contributed by atoms with E-state index in [0.29, 0.717) is 0 Å². The van der Waals surface area contributed by atoms with E-state index in [2.05, 4.69) is 6.92 Å². The minimum Gasteiger partial charge on any atom is -0.481 e. The van der Waals surface area contributed by atoms with Crippen LogP contribution in [0.3, 0.4) is 0 Å². The summed E-state index contributed by atoms with van der Waals surface area (Å²) >= 11 is 0. The first kappa shape index (κ1) is 13.9. The van der Waals surface area contributed by atoms with Crippen LogP contribution in [-0.4, -0.2) is 11.1 Å². The summed E-state index contributed by atoms with van der Waals surface area (Å²) in [5.74, 6) is -0.754. The molecule has 64 valence electrons. The molecule has 0 aliphatic heterocycles. The first-order valence-corrected chi connectivity index (χ1v) is 3.95. The van der Waals surface area contributed by atoms with Crippen molar-refractivity contribution >= 4 is 5.97 Å². The predicted molar refractivity (Wildman–Crippen MR) is 40.9 cm³/mol. The van der Waals surface area contributed by atoms with Gasteiger partial charge in [-0.1, -0.05) is 26.7 Å². The second-order valence-corrected chi connectivity index (χ2v) is 2.59. The predicted octanol–water partition coefficient (Wildman–Crippen LogP) is 2.28. The van der Waals surface area contributed by atoms with Crippen LogP contribution in [0.4, 0.5) is 0 Å². The third kappa shape index (κ3) is 6.74. The maximum Gasteiger partial charge on any atom is 0.306 e. The zero-order chi connectivity index (χ0) is 7.98. The Morgan fingerprint density at radius 3 is 2.27 bits per heavy atom. The van der Waals surface area contributed by atoms with E-state index >= 15 is 0 Å². The van der Waals surface area contributed by atoms with Gasteiger partial charge >= 0.3 is 5.97 Å². The normalized spacial score (nSPS) is 11.8. The fourth-order valence-electron chi connectivity index (χ4n) is 0.953. The molecule has 1 atom stereocenters. The van der Waals surface area contributed by atoms with Crippen molar-refractivity contribution in [1.82, 2.24) is 0 Å². The number of carboxylic acids is 1. The van der Waals surface area contributed by atoms with E-state index in [9.17, 15) is 4.79 Å². The number of carbonyl (C=O) groups is 1. The van der Waals surface area contributed by atoms with E-state index < -0.39 is 5.97 Å². The van der Waals surface area contributed by atoms with Gasteiger partial charge in [0.1, 0.15) is 0 Å². The van der Waals surface area contributed by atoms with Crippen molar-refractivity contribution in [2.75, 3.05) is 0 Å². The van der Waals surface area contributed by atoms with Crippen molar-refractivity contribution in [3.63, 3.8) is 0 Å². The fraction of sp³-hybridized carbons (Fsp3) is 0.875. The van der Waals surface area contributed by atoms with Crippen molar-refractivity contribution in [2.24, 2.45) is 5.92 Å². The van der Waals surface area contributed by atoms with E-state index in [-0.39, 0.29) is 32.1 Å². The molecule has 0 heterocycles. The van der Waals surface area contributed by atoms with Gasteiger partial charge in [-0.15, -0.1) is 0 Å². The Bertz CT molecular complexity index is 104. The number of carboxylic acid groups (broad SMARTS) is 1. The second kappa shape index (κ2) is 8.45. The van der Waals surface area contributed by atoms with Crippen LogP contribution in [-0.2, 0) is 31.0 Å². The number of aliphatic carboxylic acids is 1. The molecule has 0 spiro atoms. The Morgan fingerprint density at radius 1 is 1.45 bits per heavy atom. The summed E-state index contributed by atoms with van der Waals surface area (Å²) in [6.45, 7) is 4.00. The number of rotatable bonds is 5. The van der Waals surface area contributed by atoms with E-state index in [1.165, 1.54) is 0 Å². The van der Waals surface area contributed by atoms with Crippen LogP contribution in [0, 0.1) is 5.92 Å². The number of hydrogen-bond acceptors (Lipinski definition) is 1. The molecule has 0 aromatic heterocycles. The molecule has 0 radical (unpaired) electrons. The molecule has 0 saturated heterocycles. The molecule has 2 nitrogen and oxygen atoms in total. The first-order valence-electron chi connectivity index (χ1n) is 3.95. The van der Waals surface area contributed by atoms with E-state index in [4.69, 9.17) is 5.11 Å². The molecule has 0 aliphatic rings. The minimum absolute atomic E-state index is 0. The van der Waals surface area contributed by atoms with Crippen molar-refractivity contribution in [2.45, 2.75) is 39.5 Å². The molecule has 0 bridgehead atoms. The standard InChI is InChI=1S/C8H16O2.Zr/c1-3-5-6-7(4-2)8(9)10;/h7H,3-6H2,1-2H3,(H,9,10);. The first-order chi connectivity index (χ1) is 4.72. The number of unbranched alkanes of at least 4 members (excludes halogenated alkanes) is 1. The van der Waals surface area contributed by atoms with Crippen LogP contribution in [0.5, 0.6) is 0 Å². The van der Waals surface area contributed by atoms with Gasteiger partial charge in [0.15, 0.2) is 0 Å². The summed E-state index contributed by atoms with van der Waals surface area (Å²) in [7, 11) is 0. The van der Waals surface area contributed by atoms with Crippen molar-refractivity contribution in [3.8, 4) is 0 Å². The molecule has 0 aliphatic carbocycles. The molecule has 3 heteroatoms. The van der Waals surface area contributed by atoms with Gasteiger partial charge in [-0.05, 0) is 12.8 Å². The van der Waals surface area contributed by atoms with Gasteiger partial charge in [0.25, 0.3) is 0 Å². The molecular weight excluding hydrogens is 219 g/mol. The summed E-state index contributed by atoms with van der Waals surface area (Å²) in [6.07, 6.45) is 3.71. The van der Waals surface area contributed by atoms with Crippen LogP contribution in [0.15, 0.2) is 0 Å². The van der Waals surface area contributed by atoms with Gasteiger partial charge in [0, 0.05) is 26.2 Å². The Hall–Kier alpha value is 0.353. The Kier molecular flexibility index (Phi) is 10.7. The maximum atomic E-state index is 10.4. The van der Waals surface area contributed by atoms with Crippen LogP contribution < -0.4 is 0 Å². The summed E-state index contributed by atoms with van der Waals surface area (Å²) in [5.41, 5.74) is 0. The maximum absolute atomic E-state index is 10.4.